The number of benzene rings is 2. The Kier molecular flexibility index (Phi) is 3.44. The van der Waals surface area contributed by atoms with Crippen molar-refractivity contribution in [3.63, 3.8) is 0 Å². The van der Waals surface area contributed by atoms with Crippen LogP contribution in [0.5, 0.6) is 0 Å². The van der Waals surface area contributed by atoms with Gasteiger partial charge < -0.3 is 5.32 Å². The predicted octanol–water partition coefficient (Wildman–Crippen LogP) is 3.62. The highest BCUT2D eigenvalue weighted by atomic mass is 15.3. The van der Waals surface area contributed by atoms with Gasteiger partial charge in [0.1, 0.15) is 11.3 Å². The largest absolute Gasteiger partial charge is 0.339 e. The van der Waals surface area contributed by atoms with Crippen molar-refractivity contribution in [1.82, 2.24) is 19.7 Å². The van der Waals surface area contributed by atoms with Crippen molar-refractivity contribution >= 4 is 22.7 Å². The monoisotopic (exact) mass is 301 g/mol. The van der Waals surface area contributed by atoms with Gasteiger partial charge in [0.15, 0.2) is 5.65 Å². The molecule has 0 spiro atoms. The van der Waals surface area contributed by atoms with Crippen molar-refractivity contribution in [2.24, 2.45) is 0 Å². The smallest absolute Gasteiger partial charge is 0.177 e. The van der Waals surface area contributed by atoms with Gasteiger partial charge in [-0.2, -0.15) is 5.10 Å². The Balaban J connectivity index is 1.61. The van der Waals surface area contributed by atoms with Gasteiger partial charge in [-0.05, 0) is 17.7 Å². The van der Waals surface area contributed by atoms with E-state index in [0.717, 1.165) is 16.9 Å². The van der Waals surface area contributed by atoms with Gasteiger partial charge in [-0.1, -0.05) is 48.5 Å². The maximum absolute atomic E-state index is 4.58. The standard InChI is InChI=1S/C18H15N5/c1-3-7-14(8-4-1)13-23-18-16(11-20-23)22-17(12-19-18)21-15-9-5-2-6-10-15/h1-12H,13H2,(H,21,22). The maximum atomic E-state index is 4.58. The van der Waals surface area contributed by atoms with Gasteiger partial charge in [-0.25, -0.2) is 14.6 Å². The fourth-order valence-corrected chi connectivity index (χ4v) is 2.46. The lowest BCUT2D eigenvalue weighted by molar-refractivity contribution is 0.704. The molecule has 0 amide bonds. The first-order chi connectivity index (χ1) is 11.4. The predicted molar refractivity (Wildman–Crippen MR) is 90.6 cm³/mol. The Morgan fingerprint density at radius 3 is 2.39 bits per heavy atom. The quantitative estimate of drug-likeness (QED) is 0.625. The topological polar surface area (TPSA) is 55.6 Å². The Hall–Kier alpha value is -3.21. The lowest BCUT2D eigenvalue weighted by Gasteiger charge is -2.06. The van der Waals surface area contributed by atoms with Gasteiger partial charge in [0.05, 0.1) is 18.9 Å². The fraction of sp³-hybridized carbons (Fsp3) is 0.0556. The second-order valence-electron chi connectivity index (χ2n) is 5.24. The Labute approximate surface area is 133 Å². The summed E-state index contributed by atoms with van der Waals surface area (Å²) in [5, 5.41) is 7.65. The second kappa shape index (κ2) is 5.88. The minimum atomic E-state index is 0.685. The highest BCUT2D eigenvalue weighted by Crippen LogP contribution is 2.17. The summed E-state index contributed by atoms with van der Waals surface area (Å²) in [7, 11) is 0. The number of fused-ring (bicyclic) bond motifs is 1. The van der Waals surface area contributed by atoms with E-state index in [1.54, 1.807) is 12.4 Å². The summed E-state index contributed by atoms with van der Waals surface area (Å²) < 4.78 is 1.87. The minimum absolute atomic E-state index is 0.685. The van der Waals surface area contributed by atoms with E-state index in [-0.39, 0.29) is 0 Å². The van der Waals surface area contributed by atoms with Crippen LogP contribution in [0.4, 0.5) is 11.5 Å². The Bertz CT molecular complexity index is 916. The third-order valence-corrected chi connectivity index (χ3v) is 3.56. The number of nitrogens with one attached hydrogen (secondary N) is 1. The first-order valence-electron chi connectivity index (χ1n) is 7.43. The number of rotatable bonds is 4. The number of nitrogens with zero attached hydrogens (tertiary/aromatic N) is 4. The first-order valence-corrected chi connectivity index (χ1v) is 7.43. The summed E-state index contributed by atoms with van der Waals surface area (Å²) >= 11 is 0. The second-order valence-corrected chi connectivity index (χ2v) is 5.24. The van der Waals surface area contributed by atoms with Crippen LogP contribution < -0.4 is 5.32 Å². The molecule has 2 aromatic heterocycles. The zero-order valence-electron chi connectivity index (χ0n) is 12.4. The van der Waals surface area contributed by atoms with Crippen molar-refractivity contribution in [2.45, 2.75) is 6.54 Å². The first kappa shape index (κ1) is 13.5. The SMILES string of the molecule is c1ccc(Cn2ncc3nc(Nc4ccccc4)cnc32)cc1. The number of para-hydroxylation sites is 1. The van der Waals surface area contributed by atoms with Gasteiger partial charge in [-0.15, -0.1) is 0 Å². The molecule has 0 aliphatic rings. The molecule has 0 saturated carbocycles. The normalized spacial score (nSPS) is 10.8. The third-order valence-electron chi connectivity index (χ3n) is 3.56. The molecule has 0 radical (unpaired) electrons. The van der Waals surface area contributed by atoms with E-state index < -0.39 is 0 Å². The van der Waals surface area contributed by atoms with E-state index >= 15 is 0 Å². The molecule has 0 unspecified atom stereocenters. The molecule has 0 aliphatic carbocycles. The van der Waals surface area contributed by atoms with Crippen LogP contribution in [-0.2, 0) is 6.54 Å². The fourth-order valence-electron chi connectivity index (χ4n) is 2.46. The van der Waals surface area contributed by atoms with Crippen LogP contribution in [0.2, 0.25) is 0 Å². The summed E-state index contributed by atoms with van der Waals surface area (Å²) in [6, 6.07) is 20.1. The molecule has 0 bridgehead atoms. The molecule has 2 heterocycles. The number of anilines is 2. The summed E-state index contributed by atoms with van der Waals surface area (Å²) in [5.74, 6) is 0.711. The lowest BCUT2D eigenvalue weighted by Crippen LogP contribution is -2.03. The highest BCUT2D eigenvalue weighted by molar-refractivity contribution is 5.72. The zero-order valence-corrected chi connectivity index (χ0v) is 12.4. The van der Waals surface area contributed by atoms with Gasteiger partial charge in [0.25, 0.3) is 0 Å². The van der Waals surface area contributed by atoms with Gasteiger partial charge in [0.2, 0.25) is 0 Å². The molecule has 4 aromatic rings. The average Bonchev–Trinajstić information content (AvgIpc) is 2.99. The highest BCUT2D eigenvalue weighted by Gasteiger charge is 2.07. The molecule has 23 heavy (non-hydrogen) atoms. The summed E-state index contributed by atoms with van der Waals surface area (Å²) in [4.78, 5) is 9.08. The number of hydrogen-bond donors (Lipinski definition) is 1. The molecule has 0 fully saturated rings. The van der Waals surface area contributed by atoms with Crippen molar-refractivity contribution in [3.05, 3.63) is 78.6 Å². The molecular weight excluding hydrogens is 286 g/mol. The molecular formula is C18H15N5. The molecule has 0 saturated heterocycles. The molecule has 4 rings (SSSR count). The lowest BCUT2D eigenvalue weighted by atomic mass is 10.2. The molecule has 5 nitrogen and oxygen atoms in total. The zero-order chi connectivity index (χ0) is 15.5. The molecule has 0 aliphatic heterocycles. The molecule has 0 atom stereocenters. The summed E-state index contributed by atoms with van der Waals surface area (Å²) in [6.45, 7) is 0.685. The molecule has 2 aromatic carbocycles. The Morgan fingerprint density at radius 1 is 0.870 bits per heavy atom. The van der Waals surface area contributed by atoms with Crippen LogP contribution in [0.3, 0.4) is 0 Å². The van der Waals surface area contributed by atoms with Crippen molar-refractivity contribution in [3.8, 4) is 0 Å². The number of hydrogen-bond acceptors (Lipinski definition) is 4. The van der Waals surface area contributed by atoms with E-state index in [1.807, 2.05) is 53.2 Å². The maximum Gasteiger partial charge on any atom is 0.177 e. The van der Waals surface area contributed by atoms with E-state index in [9.17, 15) is 0 Å². The van der Waals surface area contributed by atoms with E-state index in [4.69, 9.17) is 0 Å². The number of aromatic nitrogens is 4. The van der Waals surface area contributed by atoms with Crippen LogP contribution in [0.25, 0.3) is 11.2 Å². The van der Waals surface area contributed by atoms with E-state index in [1.165, 1.54) is 5.56 Å². The minimum Gasteiger partial charge on any atom is -0.339 e. The molecule has 112 valence electrons. The van der Waals surface area contributed by atoms with Crippen molar-refractivity contribution in [2.75, 3.05) is 5.32 Å². The average molecular weight is 301 g/mol. The van der Waals surface area contributed by atoms with Crippen molar-refractivity contribution in [1.29, 1.82) is 0 Å². The molecule has 1 N–H and O–H groups in total. The Morgan fingerprint density at radius 2 is 1.61 bits per heavy atom. The van der Waals surface area contributed by atoms with Crippen LogP contribution in [0.1, 0.15) is 5.56 Å². The van der Waals surface area contributed by atoms with E-state index in [2.05, 4.69) is 32.5 Å². The third kappa shape index (κ3) is 2.89. The van der Waals surface area contributed by atoms with Crippen molar-refractivity contribution < 1.29 is 0 Å². The summed E-state index contributed by atoms with van der Waals surface area (Å²) in [5.41, 5.74) is 3.73. The van der Waals surface area contributed by atoms with Crippen LogP contribution in [0.15, 0.2) is 73.1 Å². The van der Waals surface area contributed by atoms with Crippen LogP contribution >= 0.6 is 0 Å². The van der Waals surface area contributed by atoms with Crippen LogP contribution in [0, 0.1) is 0 Å². The van der Waals surface area contributed by atoms with Gasteiger partial charge >= 0.3 is 0 Å². The van der Waals surface area contributed by atoms with Gasteiger partial charge in [0, 0.05) is 5.69 Å². The molecule has 5 heteroatoms. The van der Waals surface area contributed by atoms with Gasteiger partial charge in [-0.3, -0.25) is 0 Å². The summed E-state index contributed by atoms with van der Waals surface area (Å²) in [6.07, 6.45) is 3.49. The van der Waals surface area contributed by atoms with Crippen LogP contribution in [-0.4, -0.2) is 19.7 Å². The van der Waals surface area contributed by atoms with E-state index in [0.29, 0.717) is 12.4 Å².